The van der Waals surface area contributed by atoms with Crippen molar-refractivity contribution in [2.45, 2.75) is 25.7 Å². The van der Waals surface area contributed by atoms with Crippen LogP contribution < -0.4 is 0 Å². The molecule has 1 heterocycles. The van der Waals surface area contributed by atoms with Gasteiger partial charge in [0.05, 0.1) is 5.92 Å². The Bertz CT molecular complexity index is 528. The molecule has 2 nitrogen and oxygen atoms in total. The summed E-state index contributed by atoms with van der Waals surface area (Å²) in [5, 5.41) is 0. The van der Waals surface area contributed by atoms with Gasteiger partial charge in [-0.2, -0.15) is 0 Å². The Kier molecular flexibility index (Phi) is 4.00. The van der Waals surface area contributed by atoms with Crippen molar-refractivity contribution in [2.75, 3.05) is 6.61 Å². The summed E-state index contributed by atoms with van der Waals surface area (Å²) in [6.07, 6.45) is 11.0. The highest BCUT2D eigenvalue weighted by Crippen LogP contribution is 2.28. The van der Waals surface area contributed by atoms with Gasteiger partial charge >= 0.3 is 5.97 Å². The van der Waals surface area contributed by atoms with Crippen LogP contribution in [-0.4, -0.2) is 12.6 Å². The molecule has 0 bridgehead atoms. The summed E-state index contributed by atoms with van der Waals surface area (Å²) in [5.41, 5.74) is 2.70. The van der Waals surface area contributed by atoms with Crippen LogP contribution in [-0.2, 0) is 16.0 Å². The lowest BCUT2D eigenvalue weighted by atomic mass is 9.87. The van der Waals surface area contributed by atoms with E-state index in [4.69, 9.17) is 4.74 Å². The maximum Gasteiger partial charge on any atom is 0.312 e. The molecule has 104 valence electrons. The highest BCUT2D eigenvalue weighted by Gasteiger charge is 2.31. The van der Waals surface area contributed by atoms with Crippen molar-refractivity contribution < 1.29 is 9.53 Å². The lowest BCUT2D eigenvalue weighted by molar-refractivity contribution is -0.168. The number of benzene rings is 1. The van der Waals surface area contributed by atoms with Crippen molar-refractivity contribution in [2.24, 2.45) is 11.8 Å². The molecule has 1 aliphatic heterocycles. The molecule has 1 aromatic rings. The summed E-state index contributed by atoms with van der Waals surface area (Å²) >= 11 is 0. The third-order valence-corrected chi connectivity index (χ3v) is 4.11. The number of cyclic esters (lactones) is 1. The summed E-state index contributed by atoms with van der Waals surface area (Å²) in [6, 6.07) is 10.6. The first-order chi connectivity index (χ1) is 9.81. The second-order valence-electron chi connectivity index (χ2n) is 5.70. The summed E-state index contributed by atoms with van der Waals surface area (Å²) in [7, 11) is 0. The molecule has 2 atom stereocenters. The molecule has 2 unspecified atom stereocenters. The van der Waals surface area contributed by atoms with E-state index in [0.29, 0.717) is 12.5 Å². The Morgan fingerprint density at radius 2 is 2.05 bits per heavy atom. The number of esters is 1. The molecule has 0 spiro atoms. The Morgan fingerprint density at radius 3 is 2.75 bits per heavy atom. The molecule has 3 rings (SSSR count). The zero-order valence-electron chi connectivity index (χ0n) is 11.6. The van der Waals surface area contributed by atoms with E-state index < -0.39 is 0 Å². The van der Waals surface area contributed by atoms with Gasteiger partial charge in [0.2, 0.25) is 0 Å². The molecule has 2 heteroatoms. The molecule has 1 saturated heterocycles. The lowest BCUT2D eigenvalue weighted by Gasteiger charge is -2.26. The van der Waals surface area contributed by atoms with Crippen LogP contribution in [0.3, 0.4) is 0 Å². The normalized spacial score (nSPS) is 24.8. The minimum atomic E-state index is -0.0364. The highest BCUT2D eigenvalue weighted by molar-refractivity contribution is 5.77. The average molecular weight is 268 g/mol. The number of carbonyl (C=O) groups excluding carboxylic acids is 1. The Balaban J connectivity index is 1.53. The number of ether oxygens (including phenoxy) is 1. The van der Waals surface area contributed by atoms with E-state index in [1.807, 2.05) is 0 Å². The van der Waals surface area contributed by atoms with Gasteiger partial charge in [-0.25, -0.2) is 0 Å². The molecule has 0 aromatic heterocycles. The fraction of sp³-hybridized carbons (Fsp3) is 0.389. The van der Waals surface area contributed by atoms with Crippen LogP contribution >= 0.6 is 0 Å². The first-order valence-corrected chi connectivity index (χ1v) is 7.39. The van der Waals surface area contributed by atoms with Crippen LogP contribution in [0.5, 0.6) is 0 Å². The van der Waals surface area contributed by atoms with Crippen LogP contribution in [0.4, 0.5) is 0 Å². The van der Waals surface area contributed by atoms with E-state index >= 15 is 0 Å². The second kappa shape index (κ2) is 6.08. The molecule has 0 N–H and O–H groups in total. The lowest BCUT2D eigenvalue weighted by Crippen LogP contribution is -2.34. The summed E-state index contributed by atoms with van der Waals surface area (Å²) in [6.45, 7) is 0.596. The van der Waals surface area contributed by atoms with Crippen LogP contribution in [0, 0.1) is 11.8 Å². The predicted octanol–water partition coefficient (Wildman–Crippen LogP) is 3.68. The number of carbonyl (C=O) groups is 1. The fourth-order valence-electron chi connectivity index (χ4n) is 2.85. The van der Waals surface area contributed by atoms with Gasteiger partial charge < -0.3 is 4.74 Å². The number of aryl methyl sites for hydroxylation is 1. The number of hydrogen-bond acceptors (Lipinski definition) is 2. The van der Waals surface area contributed by atoms with Gasteiger partial charge in [0.25, 0.3) is 0 Å². The van der Waals surface area contributed by atoms with Gasteiger partial charge in [0.1, 0.15) is 6.61 Å². The molecule has 0 radical (unpaired) electrons. The van der Waals surface area contributed by atoms with Crippen molar-refractivity contribution in [3.63, 3.8) is 0 Å². The van der Waals surface area contributed by atoms with E-state index in [1.54, 1.807) is 0 Å². The van der Waals surface area contributed by atoms with Crippen molar-refractivity contribution in [3.05, 3.63) is 59.7 Å². The van der Waals surface area contributed by atoms with Gasteiger partial charge in [-0.05, 0) is 37.2 Å². The van der Waals surface area contributed by atoms with Crippen LogP contribution in [0.25, 0.3) is 0 Å². The van der Waals surface area contributed by atoms with Crippen molar-refractivity contribution in [1.82, 2.24) is 0 Å². The minimum Gasteiger partial charge on any atom is -0.464 e. The number of rotatable bonds is 5. The Hall–Kier alpha value is -1.83. The zero-order valence-corrected chi connectivity index (χ0v) is 11.6. The summed E-state index contributed by atoms with van der Waals surface area (Å²) in [5.74, 6) is 0.663. The maximum absolute atomic E-state index is 11.2. The number of hydrogen-bond donors (Lipinski definition) is 0. The van der Waals surface area contributed by atoms with Gasteiger partial charge in [0.15, 0.2) is 0 Å². The van der Waals surface area contributed by atoms with Crippen LogP contribution in [0.2, 0.25) is 0 Å². The molecular weight excluding hydrogens is 248 g/mol. The molecule has 2 aliphatic rings. The molecule has 1 aromatic carbocycles. The number of allylic oxidation sites excluding steroid dienone is 4. The topological polar surface area (TPSA) is 26.3 Å². The van der Waals surface area contributed by atoms with Gasteiger partial charge in [-0.3, -0.25) is 4.79 Å². The smallest absolute Gasteiger partial charge is 0.312 e. The molecule has 20 heavy (non-hydrogen) atoms. The predicted molar refractivity (Wildman–Crippen MR) is 79.2 cm³/mol. The molecule has 1 aliphatic carbocycles. The molecule has 1 fully saturated rings. The third kappa shape index (κ3) is 3.19. The quantitative estimate of drug-likeness (QED) is 0.761. The van der Waals surface area contributed by atoms with E-state index in [1.165, 1.54) is 17.6 Å². The molecule has 0 amide bonds. The maximum atomic E-state index is 11.2. The molecule has 0 saturated carbocycles. The van der Waals surface area contributed by atoms with Crippen LogP contribution in [0.15, 0.2) is 54.1 Å². The average Bonchev–Trinajstić information content (AvgIpc) is 2.51. The van der Waals surface area contributed by atoms with Gasteiger partial charge in [-0.1, -0.05) is 54.1 Å². The third-order valence-electron chi connectivity index (χ3n) is 4.11. The largest absolute Gasteiger partial charge is 0.464 e. The Morgan fingerprint density at radius 1 is 1.20 bits per heavy atom. The van der Waals surface area contributed by atoms with E-state index in [9.17, 15) is 4.79 Å². The highest BCUT2D eigenvalue weighted by atomic mass is 16.6. The van der Waals surface area contributed by atoms with E-state index in [2.05, 4.69) is 48.6 Å². The standard InChI is InChI=1S/C18H20O2/c19-18-17(13-20-18)12-16-8-4-7-15(11-16)10-9-14-5-2-1-3-6-14/h1-6,8,11,15,17H,7,9-10,12-13H2. The monoisotopic (exact) mass is 268 g/mol. The molecular formula is C18H20O2. The van der Waals surface area contributed by atoms with Crippen molar-refractivity contribution in [3.8, 4) is 0 Å². The second-order valence-corrected chi connectivity index (χ2v) is 5.70. The Labute approximate surface area is 120 Å². The van der Waals surface area contributed by atoms with Gasteiger partial charge in [-0.15, -0.1) is 0 Å². The minimum absolute atomic E-state index is 0.0364. The van der Waals surface area contributed by atoms with Crippen LogP contribution in [0.1, 0.15) is 24.8 Å². The van der Waals surface area contributed by atoms with Crippen molar-refractivity contribution in [1.29, 1.82) is 0 Å². The van der Waals surface area contributed by atoms with E-state index in [-0.39, 0.29) is 11.9 Å². The first kappa shape index (κ1) is 13.2. The summed E-state index contributed by atoms with van der Waals surface area (Å²) in [4.78, 5) is 11.2. The zero-order chi connectivity index (χ0) is 13.8. The van der Waals surface area contributed by atoms with Gasteiger partial charge in [0, 0.05) is 0 Å². The first-order valence-electron chi connectivity index (χ1n) is 7.39. The van der Waals surface area contributed by atoms with E-state index in [0.717, 1.165) is 19.3 Å². The fourth-order valence-corrected chi connectivity index (χ4v) is 2.85. The van der Waals surface area contributed by atoms with Crippen molar-refractivity contribution >= 4 is 5.97 Å². The SMILES string of the molecule is O=C1OCC1CC1=CC(CCc2ccccc2)CC=C1. The summed E-state index contributed by atoms with van der Waals surface area (Å²) < 4.78 is 4.83.